The Labute approximate surface area is 177 Å². The quantitative estimate of drug-likeness (QED) is 0.316. The van der Waals surface area contributed by atoms with Crippen molar-refractivity contribution in [2.45, 2.75) is 31.0 Å². The highest BCUT2D eigenvalue weighted by molar-refractivity contribution is 9.10. The van der Waals surface area contributed by atoms with Gasteiger partial charge in [-0.15, -0.1) is 16.8 Å². The summed E-state index contributed by atoms with van der Waals surface area (Å²) in [7, 11) is 1.64. The molecule has 0 bridgehead atoms. The first kappa shape index (κ1) is 20.5. The Hall–Kier alpha value is -2.25. The third kappa shape index (κ3) is 5.17. The van der Waals surface area contributed by atoms with Gasteiger partial charge in [0.25, 0.3) is 0 Å². The van der Waals surface area contributed by atoms with E-state index in [0.29, 0.717) is 24.7 Å². The molecule has 0 N–H and O–H groups in total. The number of hydrogen-bond donors (Lipinski definition) is 0. The van der Waals surface area contributed by atoms with Crippen molar-refractivity contribution in [3.8, 4) is 11.5 Å². The van der Waals surface area contributed by atoms with Crippen molar-refractivity contribution >= 4 is 27.7 Å². The van der Waals surface area contributed by atoms with Gasteiger partial charge in [0.05, 0.1) is 7.11 Å². The maximum atomic E-state index is 5.95. The number of benzene rings is 2. The molecule has 0 amide bonds. The van der Waals surface area contributed by atoms with Crippen LogP contribution in [0.15, 0.2) is 64.7 Å². The van der Waals surface area contributed by atoms with E-state index in [2.05, 4.69) is 44.8 Å². The highest BCUT2D eigenvalue weighted by Crippen LogP contribution is 2.29. The molecule has 0 aliphatic carbocycles. The molecule has 28 heavy (non-hydrogen) atoms. The number of rotatable bonds is 9. The van der Waals surface area contributed by atoms with E-state index in [1.165, 1.54) is 5.56 Å². The average molecular weight is 460 g/mol. The van der Waals surface area contributed by atoms with Crippen molar-refractivity contribution < 1.29 is 9.47 Å². The Morgan fingerprint density at radius 1 is 1.14 bits per heavy atom. The van der Waals surface area contributed by atoms with Crippen LogP contribution in [-0.2, 0) is 18.9 Å². The zero-order valence-electron chi connectivity index (χ0n) is 15.9. The van der Waals surface area contributed by atoms with Crippen LogP contribution in [-0.4, -0.2) is 21.9 Å². The van der Waals surface area contributed by atoms with E-state index in [4.69, 9.17) is 9.47 Å². The molecule has 2 aromatic carbocycles. The molecule has 1 heterocycles. The second kappa shape index (κ2) is 9.80. The number of nitrogens with zero attached hydrogens (tertiary/aromatic N) is 3. The monoisotopic (exact) mass is 459 g/mol. The van der Waals surface area contributed by atoms with Gasteiger partial charge in [0.1, 0.15) is 6.61 Å². The van der Waals surface area contributed by atoms with Gasteiger partial charge in [-0.3, -0.25) is 4.57 Å². The molecule has 1 aromatic heterocycles. The molecule has 146 valence electrons. The summed E-state index contributed by atoms with van der Waals surface area (Å²) in [6.07, 6.45) is 1.84. The molecule has 3 aromatic rings. The van der Waals surface area contributed by atoms with Crippen molar-refractivity contribution in [1.29, 1.82) is 0 Å². The molecule has 0 radical (unpaired) electrons. The van der Waals surface area contributed by atoms with E-state index < -0.39 is 0 Å². The number of allylic oxidation sites excluding steroid dienone is 1. The zero-order chi connectivity index (χ0) is 19.9. The number of ether oxygens (including phenoxy) is 2. The molecule has 0 spiro atoms. The second-order valence-corrected chi connectivity index (χ2v) is 8.01. The maximum Gasteiger partial charge on any atom is 0.191 e. The van der Waals surface area contributed by atoms with Crippen molar-refractivity contribution in [2.24, 2.45) is 0 Å². The molecule has 3 rings (SSSR count). The summed E-state index contributed by atoms with van der Waals surface area (Å²) >= 11 is 5.10. The van der Waals surface area contributed by atoms with Gasteiger partial charge in [-0.05, 0) is 42.3 Å². The van der Waals surface area contributed by atoms with E-state index >= 15 is 0 Å². The SMILES string of the molecule is C=CCn1c(COc2ccc(C)cc2OC)nnc1SCc1ccc(Br)cc1. The normalized spacial score (nSPS) is 10.7. The minimum atomic E-state index is 0.305. The first-order chi connectivity index (χ1) is 13.6. The predicted octanol–water partition coefficient (Wildman–Crippen LogP) is 5.41. The Bertz CT molecular complexity index is 941. The molecule has 0 aliphatic heterocycles. The third-order valence-corrected chi connectivity index (χ3v) is 5.63. The summed E-state index contributed by atoms with van der Waals surface area (Å²) in [6.45, 7) is 6.79. The highest BCUT2D eigenvalue weighted by Gasteiger charge is 2.14. The number of hydrogen-bond acceptors (Lipinski definition) is 5. The maximum absolute atomic E-state index is 5.95. The Balaban J connectivity index is 1.71. The Kier molecular flexibility index (Phi) is 7.17. The molecule has 0 fully saturated rings. The van der Waals surface area contributed by atoms with Crippen molar-refractivity contribution in [2.75, 3.05) is 7.11 Å². The van der Waals surface area contributed by atoms with E-state index in [1.807, 2.05) is 47.9 Å². The highest BCUT2D eigenvalue weighted by atomic mass is 79.9. The van der Waals surface area contributed by atoms with Crippen LogP contribution in [0, 0.1) is 6.92 Å². The smallest absolute Gasteiger partial charge is 0.191 e. The second-order valence-electron chi connectivity index (χ2n) is 6.16. The molecule has 0 saturated heterocycles. The lowest BCUT2D eigenvalue weighted by atomic mass is 10.2. The number of aryl methyl sites for hydroxylation is 1. The van der Waals surface area contributed by atoms with Crippen LogP contribution in [0.1, 0.15) is 17.0 Å². The molecule has 0 unspecified atom stereocenters. The molecule has 7 heteroatoms. The summed E-state index contributed by atoms with van der Waals surface area (Å²) < 4.78 is 14.4. The lowest BCUT2D eigenvalue weighted by molar-refractivity contribution is 0.271. The van der Waals surface area contributed by atoms with Crippen LogP contribution >= 0.6 is 27.7 Å². The summed E-state index contributed by atoms with van der Waals surface area (Å²) in [5.41, 5.74) is 2.34. The number of halogens is 1. The fourth-order valence-electron chi connectivity index (χ4n) is 2.61. The number of methoxy groups -OCH3 is 1. The van der Waals surface area contributed by atoms with Gasteiger partial charge >= 0.3 is 0 Å². The molecular formula is C21H22BrN3O2S. The van der Waals surface area contributed by atoms with Gasteiger partial charge in [-0.25, -0.2) is 0 Å². The van der Waals surface area contributed by atoms with Crippen molar-refractivity contribution in [3.63, 3.8) is 0 Å². The van der Waals surface area contributed by atoms with Crippen LogP contribution in [0.5, 0.6) is 11.5 Å². The minimum Gasteiger partial charge on any atom is -0.493 e. The van der Waals surface area contributed by atoms with E-state index in [9.17, 15) is 0 Å². The van der Waals surface area contributed by atoms with Crippen LogP contribution in [0.2, 0.25) is 0 Å². The van der Waals surface area contributed by atoms with Gasteiger partial charge < -0.3 is 9.47 Å². The van der Waals surface area contributed by atoms with Crippen molar-refractivity contribution in [1.82, 2.24) is 14.8 Å². The van der Waals surface area contributed by atoms with Crippen LogP contribution in [0.4, 0.5) is 0 Å². The first-order valence-corrected chi connectivity index (χ1v) is 10.6. The molecular weight excluding hydrogens is 438 g/mol. The van der Waals surface area contributed by atoms with Gasteiger partial charge in [0.15, 0.2) is 22.5 Å². The van der Waals surface area contributed by atoms with E-state index in [0.717, 1.165) is 26.8 Å². The van der Waals surface area contributed by atoms with Gasteiger partial charge in [0.2, 0.25) is 0 Å². The minimum absolute atomic E-state index is 0.305. The summed E-state index contributed by atoms with van der Waals surface area (Å²) in [4.78, 5) is 0. The van der Waals surface area contributed by atoms with E-state index in [-0.39, 0.29) is 0 Å². The molecule has 0 saturated carbocycles. The summed E-state index contributed by atoms with van der Waals surface area (Å²) in [6, 6.07) is 14.1. The fraction of sp³-hybridized carbons (Fsp3) is 0.238. The molecule has 5 nitrogen and oxygen atoms in total. The lowest BCUT2D eigenvalue weighted by Gasteiger charge is -2.12. The summed E-state index contributed by atoms with van der Waals surface area (Å²) in [5, 5.41) is 9.51. The number of aromatic nitrogens is 3. The third-order valence-electron chi connectivity index (χ3n) is 4.06. The van der Waals surface area contributed by atoms with Gasteiger partial charge in [-0.1, -0.05) is 52.0 Å². The average Bonchev–Trinajstić information content (AvgIpc) is 3.08. The van der Waals surface area contributed by atoms with Gasteiger partial charge in [0, 0.05) is 16.8 Å². The molecule has 0 aliphatic rings. The lowest BCUT2D eigenvalue weighted by Crippen LogP contribution is -2.08. The largest absolute Gasteiger partial charge is 0.493 e. The predicted molar refractivity (Wildman–Crippen MR) is 116 cm³/mol. The van der Waals surface area contributed by atoms with Crippen LogP contribution in [0.3, 0.4) is 0 Å². The Morgan fingerprint density at radius 2 is 1.93 bits per heavy atom. The number of thioether (sulfide) groups is 1. The standard InChI is InChI=1S/C21H22BrN3O2S/c1-4-11-25-20(13-27-18-10-5-15(2)12-19(18)26-3)23-24-21(25)28-14-16-6-8-17(22)9-7-16/h4-10,12H,1,11,13-14H2,2-3H3. The summed E-state index contributed by atoms with van der Waals surface area (Å²) in [5.74, 6) is 2.96. The van der Waals surface area contributed by atoms with E-state index in [1.54, 1.807) is 18.9 Å². The van der Waals surface area contributed by atoms with Crippen LogP contribution in [0.25, 0.3) is 0 Å². The topological polar surface area (TPSA) is 49.2 Å². The first-order valence-electron chi connectivity index (χ1n) is 8.78. The molecule has 0 atom stereocenters. The Morgan fingerprint density at radius 3 is 2.64 bits per heavy atom. The van der Waals surface area contributed by atoms with Crippen LogP contribution < -0.4 is 9.47 Å². The van der Waals surface area contributed by atoms with Gasteiger partial charge in [-0.2, -0.15) is 0 Å². The van der Waals surface area contributed by atoms with Crippen molar-refractivity contribution in [3.05, 3.63) is 76.5 Å². The zero-order valence-corrected chi connectivity index (χ0v) is 18.3. The fourth-order valence-corrected chi connectivity index (χ4v) is 3.80.